The summed E-state index contributed by atoms with van der Waals surface area (Å²) in [5.74, 6) is -2.50. The van der Waals surface area contributed by atoms with Gasteiger partial charge in [-0.25, -0.2) is 4.79 Å². The number of para-hydroxylation sites is 1. The molecule has 1 amide bonds. The third kappa shape index (κ3) is 5.29. The number of esters is 1. The molecular formula is C21H19ClF3NO3. The average molecular weight is 426 g/mol. The second-order valence-electron chi connectivity index (χ2n) is 6.88. The lowest BCUT2D eigenvalue weighted by atomic mass is 9.95. The highest BCUT2D eigenvalue weighted by Crippen LogP contribution is 2.38. The summed E-state index contributed by atoms with van der Waals surface area (Å²) in [6.07, 6.45) is -0.288. The third-order valence-electron chi connectivity index (χ3n) is 4.78. The van der Waals surface area contributed by atoms with E-state index < -0.39 is 29.4 Å². The van der Waals surface area contributed by atoms with Crippen molar-refractivity contribution in [3.8, 4) is 5.75 Å². The average Bonchev–Trinajstić information content (AvgIpc) is 2.68. The van der Waals surface area contributed by atoms with E-state index in [4.69, 9.17) is 16.3 Å². The van der Waals surface area contributed by atoms with E-state index in [-0.39, 0.29) is 17.2 Å². The molecule has 2 aromatic carbocycles. The summed E-state index contributed by atoms with van der Waals surface area (Å²) in [6.45, 7) is 0. The molecule has 1 fully saturated rings. The van der Waals surface area contributed by atoms with Crippen molar-refractivity contribution in [2.24, 2.45) is 0 Å². The highest BCUT2D eigenvalue weighted by Gasteiger charge is 2.37. The van der Waals surface area contributed by atoms with Gasteiger partial charge < -0.3 is 10.1 Å². The number of carbonyl (C=O) groups excluding carboxylic acids is 2. The van der Waals surface area contributed by atoms with Crippen LogP contribution in [0.4, 0.5) is 13.2 Å². The lowest BCUT2D eigenvalue weighted by Crippen LogP contribution is -2.36. The molecule has 0 atom stereocenters. The lowest BCUT2D eigenvalue weighted by molar-refractivity contribution is -0.138. The first-order valence-corrected chi connectivity index (χ1v) is 9.62. The molecule has 0 unspecified atom stereocenters. The molecule has 0 spiro atoms. The van der Waals surface area contributed by atoms with Crippen LogP contribution in [0.25, 0.3) is 0 Å². The van der Waals surface area contributed by atoms with Crippen LogP contribution in [0, 0.1) is 0 Å². The summed E-state index contributed by atoms with van der Waals surface area (Å²) in [6, 6.07) is 8.53. The predicted octanol–water partition coefficient (Wildman–Crippen LogP) is 5.64. The minimum Gasteiger partial charge on any atom is -0.421 e. The summed E-state index contributed by atoms with van der Waals surface area (Å²) in [4.78, 5) is 25.1. The Morgan fingerprint density at radius 1 is 1.00 bits per heavy atom. The van der Waals surface area contributed by atoms with Crippen molar-refractivity contribution in [2.45, 2.75) is 44.3 Å². The van der Waals surface area contributed by atoms with Crippen molar-refractivity contribution in [3.63, 3.8) is 0 Å². The molecule has 3 rings (SSSR count). The Balaban J connectivity index is 1.92. The maximum absolute atomic E-state index is 13.5. The zero-order valence-electron chi connectivity index (χ0n) is 15.4. The Hall–Kier alpha value is -2.54. The summed E-state index contributed by atoms with van der Waals surface area (Å²) in [7, 11) is 0. The minimum absolute atomic E-state index is 0.0185. The van der Waals surface area contributed by atoms with Crippen molar-refractivity contribution in [1.82, 2.24) is 5.32 Å². The smallest absolute Gasteiger partial charge is 0.420 e. The van der Waals surface area contributed by atoms with Gasteiger partial charge in [-0.1, -0.05) is 36.9 Å². The highest BCUT2D eigenvalue weighted by molar-refractivity contribution is 6.30. The van der Waals surface area contributed by atoms with Gasteiger partial charge in [-0.05, 0) is 49.2 Å². The highest BCUT2D eigenvalue weighted by atomic mass is 35.5. The van der Waals surface area contributed by atoms with E-state index in [1.54, 1.807) is 0 Å². The van der Waals surface area contributed by atoms with Crippen molar-refractivity contribution < 1.29 is 27.5 Å². The molecule has 0 bridgehead atoms. The first-order valence-electron chi connectivity index (χ1n) is 9.24. The van der Waals surface area contributed by atoms with Crippen LogP contribution in [0.3, 0.4) is 0 Å². The van der Waals surface area contributed by atoms with Crippen molar-refractivity contribution in [2.75, 3.05) is 0 Å². The van der Waals surface area contributed by atoms with Crippen LogP contribution in [-0.4, -0.2) is 17.9 Å². The number of hydrogen-bond donors (Lipinski definition) is 1. The van der Waals surface area contributed by atoms with Crippen LogP contribution < -0.4 is 10.1 Å². The van der Waals surface area contributed by atoms with Gasteiger partial charge in [0.05, 0.1) is 16.7 Å². The molecule has 0 heterocycles. The zero-order chi connectivity index (χ0) is 21.0. The van der Waals surface area contributed by atoms with E-state index in [9.17, 15) is 22.8 Å². The standard InChI is InChI=1S/C21H19ClF3NO3/c22-14-11-9-13(10-12-14)20(28)29-18-16(7-4-8-17(18)21(23,24)25)19(27)26-15-5-2-1-3-6-15/h4,7-12,15H,1-3,5-6H2,(H,26,27). The fourth-order valence-corrected chi connectivity index (χ4v) is 3.42. The number of carbonyl (C=O) groups is 2. The van der Waals surface area contributed by atoms with Crippen molar-refractivity contribution >= 4 is 23.5 Å². The molecule has 0 radical (unpaired) electrons. The van der Waals surface area contributed by atoms with Gasteiger partial charge in [-0.15, -0.1) is 0 Å². The van der Waals surface area contributed by atoms with E-state index >= 15 is 0 Å². The van der Waals surface area contributed by atoms with Crippen LogP contribution in [-0.2, 0) is 6.18 Å². The number of rotatable bonds is 4. The van der Waals surface area contributed by atoms with E-state index in [2.05, 4.69) is 5.32 Å². The number of benzene rings is 2. The van der Waals surface area contributed by atoms with Gasteiger partial charge in [0.15, 0.2) is 5.75 Å². The van der Waals surface area contributed by atoms with Crippen molar-refractivity contribution in [1.29, 1.82) is 0 Å². The molecule has 1 N–H and O–H groups in total. The number of nitrogens with one attached hydrogen (secondary N) is 1. The van der Waals surface area contributed by atoms with Crippen LogP contribution >= 0.6 is 11.6 Å². The summed E-state index contributed by atoms with van der Waals surface area (Å²) in [5.41, 5.74) is -1.49. The molecule has 8 heteroatoms. The Bertz CT molecular complexity index is 891. The number of halogens is 4. The van der Waals surface area contributed by atoms with E-state index in [1.165, 1.54) is 30.3 Å². The molecule has 1 aliphatic rings. The van der Waals surface area contributed by atoms with Gasteiger partial charge in [0.2, 0.25) is 0 Å². The van der Waals surface area contributed by atoms with Crippen LogP contribution in [0.1, 0.15) is 58.4 Å². The summed E-state index contributed by atoms with van der Waals surface area (Å²) in [5, 5.41) is 3.13. The molecular weight excluding hydrogens is 407 g/mol. The van der Waals surface area contributed by atoms with Crippen LogP contribution in [0.5, 0.6) is 5.75 Å². The van der Waals surface area contributed by atoms with Gasteiger partial charge in [0.25, 0.3) is 5.91 Å². The summed E-state index contributed by atoms with van der Waals surface area (Å²) >= 11 is 5.77. The Kier molecular flexibility index (Phi) is 6.47. The maximum Gasteiger partial charge on any atom is 0.420 e. The largest absolute Gasteiger partial charge is 0.421 e. The minimum atomic E-state index is -4.79. The molecule has 154 valence electrons. The number of amides is 1. The topological polar surface area (TPSA) is 55.4 Å². The van der Waals surface area contributed by atoms with Crippen LogP contribution in [0.2, 0.25) is 5.02 Å². The number of alkyl halides is 3. The Morgan fingerprint density at radius 3 is 2.28 bits per heavy atom. The maximum atomic E-state index is 13.5. The Morgan fingerprint density at radius 2 is 1.66 bits per heavy atom. The quantitative estimate of drug-likeness (QED) is 0.509. The molecule has 1 aliphatic carbocycles. The van der Waals surface area contributed by atoms with Gasteiger partial charge in [0.1, 0.15) is 0 Å². The van der Waals surface area contributed by atoms with Crippen LogP contribution in [0.15, 0.2) is 42.5 Å². The molecule has 0 aliphatic heterocycles. The zero-order valence-corrected chi connectivity index (χ0v) is 16.1. The molecule has 0 aromatic heterocycles. The number of ether oxygens (including phenoxy) is 1. The monoisotopic (exact) mass is 425 g/mol. The first kappa shape index (κ1) is 21.2. The number of hydrogen-bond acceptors (Lipinski definition) is 3. The SMILES string of the molecule is O=C(Oc1c(C(=O)NC2CCCCC2)cccc1C(F)(F)F)c1ccc(Cl)cc1. The van der Waals surface area contributed by atoms with Crippen molar-refractivity contribution in [3.05, 3.63) is 64.2 Å². The predicted molar refractivity (Wildman–Crippen MR) is 102 cm³/mol. The Labute approximate surface area is 171 Å². The van der Waals surface area contributed by atoms with Gasteiger partial charge in [-0.3, -0.25) is 4.79 Å². The van der Waals surface area contributed by atoms with E-state index in [1.807, 2.05) is 0 Å². The van der Waals surface area contributed by atoms with Gasteiger partial charge >= 0.3 is 12.1 Å². The van der Waals surface area contributed by atoms with Gasteiger partial charge in [0, 0.05) is 11.1 Å². The third-order valence-corrected chi connectivity index (χ3v) is 5.03. The molecule has 29 heavy (non-hydrogen) atoms. The van der Waals surface area contributed by atoms with E-state index in [0.717, 1.165) is 44.2 Å². The fraction of sp³-hybridized carbons (Fsp3) is 0.333. The fourth-order valence-electron chi connectivity index (χ4n) is 3.30. The molecule has 1 saturated carbocycles. The van der Waals surface area contributed by atoms with Gasteiger partial charge in [-0.2, -0.15) is 13.2 Å². The molecule has 4 nitrogen and oxygen atoms in total. The summed E-state index contributed by atoms with van der Waals surface area (Å²) < 4.78 is 45.6. The molecule has 0 saturated heterocycles. The first-order chi connectivity index (χ1) is 13.8. The second kappa shape index (κ2) is 8.86. The van der Waals surface area contributed by atoms with E-state index in [0.29, 0.717) is 5.02 Å². The molecule has 2 aromatic rings. The second-order valence-corrected chi connectivity index (χ2v) is 7.32. The normalized spacial score (nSPS) is 15.0. The lowest BCUT2D eigenvalue weighted by Gasteiger charge is -2.23.